The lowest BCUT2D eigenvalue weighted by Gasteiger charge is -2.26. The highest BCUT2D eigenvalue weighted by molar-refractivity contribution is 7.89. The maximum atomic E-state index is 13.2. The van der Waals surface area contributed by atoms with E-state index in [1.807, 2.05) is 0 Å². The third-order valence-electron chi connectivity index (χ3n) is 4.71. The topological polar surface area (TPSA) is 126 Å². The van der Waals surface area contributed by atoms with Crippen LogP contribution >= 0.6 is 0 Å². The minimum atomic E-state index is -3.81. The van der Waals surface area contributed by atoms with Crippen LogP contribution in [0.25, 0.3) is 0 Å². The molecule has 12 heteroatoms. The number of sulfonamides is 1. The van der Waals surface area contributed by atoms with Gasteiger partial charge in [-0.3, -0.25) is 10.1 Å². The Bertz CT molecular complexity index is 1120. The fraction of sp³-hybridized carbons (Fsp3) is 0.364. The quantitative estimate of drug-likeness (QED) is 0.514. The van der Waals surface area contributed by atoms with Crippen molar-refractivity contribution in [2.24, 2.45) is 0 Å². The van der Waals surface area contributed by atoms with E-state index >= 15 is 0 Å². The molecule has 0 aromatic heterocycles. The van der Waals surface area contributed by atoms with Crippen molar-refractivity contribution in [1.29, 1.82) is 0 Å². The van der Waals surface area contributed by atoms with Gasteiger partial charge in [-0.05, 0) is 56.3 Å². The van der Waals surface area contributed by atoms with Crippen LogP contribution in [0.5, 0.6) is 11.5 Å². The molecular formula is C22H27FN4O6S. The Hall–Kier alpha value is -3.22. The van der Waals surface area contributed by atoms with Gasteiger partial charge in [0.25, 0.3) is 0 Å². The third kappa shape index (κ3) is 6.89. The molecular weight excluding hydrogens is 467 g/mol. The summed E-state index contributed by atoms with van der Waals surface area (Å²) in [7, 11) is -3.81. The first-order valence-electron chi connectivity index (χ1n) is 10.6. The van der Waals surface area contributed by atoms with Crippen LogP contribution in [0.1, 0.15) is 13.8 Å². The maximum Gasteiger partial charge on any atom is 0.321 e. The van der Waals surface area contributed by atoms with Gasteiger partial charge in [0.15, 0.2) is 5.75 Å². The highest BCUT2D eigenvalue weighted by Gasteiger charge is 2.27. The number of nitrogens with one attached hydrogen (secondary N) is 3. The van der Waals surface area contributed by atoms with Crippen LogP contribution in [0.2, 0.25) is 0 Å². The molecule has 0 bridgehead atoms. The largest absolute Gasteiger partial charge is 0.455 e. The number of morpholine rings is 1. The van der Waals surface area contributed by atoms with E-state index < -0.39 is 27.8 Å². The first kappa shape index (κ1) is 25.4. The van der Waals surface area contributed by atoms with Gasteiger partial charge in [-0.1, -0.05) is 0 Å². The Morgan fingerprint density at radius 3 is 2.44 bits per heavy atom. The Labute approximate surface area is 197 Å². The smallest absolute Gasteiger partial charge is 0.321 e. The van der Waals surface area contributed by atoms with Gasteiger partial charge in [0.1, 0.15) is 11.6 Å². The van der Waals surface area contributed by atoms with Crippen LogP contribution in [0.15, 0.2) is 47.4 Å². The second kappa shape index (κ2) is 11.3. The number of nitrogens with zero attached hydrogens (tertiary/aromatic N) is 1. The molecule has 2 aromatic carbocycles. The summed E-state index contributed by atoms with van der Waals surface area (Å²) in [4.78, 5) is 23.9. The minimum absolute atomic E-state index is 0.00122. The van der Waals surface area contributed by atoms with E-state index in [-0.39, 0.29) is 42.0 Å². The molecule has 0 saturated carbocycles. The number of benzene rings is 2. The lowest BCUT2D eigenvalue weighted by Crippen LogP contribution is -2.44. The average Bonchev–Trinajstić information content (AvgIpc) is 2.79. The van der Waals surface area contributed by atoms with Gasteiger partial charge in [0.05, 0.1) is 30.3 Å². The van der Waals surface area contributed by atoms with E-state index in [1.165, 1.54) is 46.8 Å². The minimum Gasteiger partial charge on any atom is -0.455 e. The molecule has 0 atom stereocenters. The number of hydrogen-bond acceptors (Lipinski definition) is 7. The van der Waals surface area contributed by atoms with Crippen LogP contribution in [0, 0.1) is 5.82 Å². The van der Waals surface area contributed by atoms with Crippen molar-refractivity contribution in [2.45, 2.75) is 24.8 Å². The number of urea groups is 1. The Morgan fingerprint density at radius 2 is 1.79 bits per heavy atom. The molecule has 2 aromatic rings. The maximum absolute atomic E-state index is 13.2. The summed E-state index contributed by atoms with van der Waals surface area (Å²) in [6.07, 6.45) is 0. The zero-order valence-corrected chi connectivity index (χ0v) is 19.7. The lowest BCUT2D eigenvalue weighted by molar-refractivity contribution is -0.118. The molecule has 1 aliphatic rings. The molecule has 1 saturated heterocycles. The van der Waals surface area contributed by atoms with Gasteiger partial charge in [-0.15, -0.1) is 0 Å². The summed E-state index contributed by atoms with van der Waals surface area (Å²) in [6.45, 7) is 4.23. The van der Waals surface area contributed by atoms with E-state index in [1.54, 1.807) is 13.8 Å². The van der Waals surface area contributed by atoms with Gasteiger partial charge in [0.2, 0.25) is 15.9 Å². The number of imide groups is 1. The second-order valence-corrected chi connectivity index (χ2v) is 9.70. The molecule has 3 N–H and O–H groups in total. The first-order chi connectivity index (χ1) is 16.1. The van der Waals surface area contributed by atoms with Gasteiger partial charge in [-0.25, -0.2) is 17.6 Å². The highest BCUT2D eigenvalue weighted by atomic mass is 32.2. The number of anilines is 1. The summed E-state index contributed by atoms with van der Waals surface area (Å²) in [5, 5.41) is 7.54. The molecule has 1 fully saturated rings. The van der Waals surface area contributed by atoms with Gasteiger partial charge >= 0.3 is 6.03 Å². The van der Waals surface area contributed by atoms with E-state index in [9.17, 15) is 22.4 Å². The number of rotatable bonds is 8. The molecule has 0 unspecified atom stereocenters. The fourth-order valence-electron chi connectivity index (χ4n) is 3.11. The van der Waals surface area contributed by atoms with Crippen molar-refractivity contribution >= 4 is 27.6 Å². The summed E-state index contributed by atoms with van der Waals surface area (Å²) < 4.78 is 51.7. The standard InChI is InChI=1S/C22H27FN4O6S/c1-15(2)25-22(29)26-21(28)14-24-19-13-18(34(30,31)27-9-11-32-12-10-27)7-8-20(19)33-17-5-3-16(23)4-6-17/h3-8,13,15,24H,9-12,14H2,1-2H3,(H2,25,26,28,29). The molecule has 1 heterocycles. The lowest BCUT2D eigenvalue weighted by atomic mass is 10.2. The third-order valence-corrected chi connectivity index (χ3v) is 6.61. The summed E-state index contributed by atoms with van der Waals surface area (Å²) in [5.74, 6) is -0.540. The van der Waals surface area contributed by atoms with Crippen LogP contribution in [0.4, 0.5) is 14.9 Å². The molecule has 34 heavy (non-hydrogen) atoms. The summed E-state index contributed by atoms with van der Waals surface area (Å²) in [5.41, 5.74) is 0.207. The summed E-state index contributed by atoms with van der Waals surface area (Å²) in [6, 6.07) is 8.67. The average molecular weight is 495 g/mol. The number of ether oxygens (including phenoxy) is 2. The Balaban J connectivity index is 1.83. The number of amides is 3. The summed E-state index contributed by atoms with van der Waals surface area (Å²) >= 11 is 0. The zero-order chi connectivity index (χ0) is 24.7. The first-order valence-corrected chi connectivity index (χ1v) is 12.1. The SMILES string of the molecule is CC(C)NC(=O)NC(=O)CNc1cc(S(=O)(=O)N2CCOCC2)ccc1Oc1ccc(F)cc1. The van der Waals surface area contributed by atoms with E-state index in [0.29, 0.717) is 19.0 Å². The van der Waals surface area contributed by atoms with Crippen LogP contribution in [-0.4, -0.2) is 63.6 Å². The molecule has 184 valence electrons. The Kier molecular flexibility index (Phi) is 8.42. The second-order valence-electron chi connectivity index (χ2n) is 7.76. The highest BCUT2D eigenvalue weighted by Crippen LogP contribution is 2.33. The van der Waals surface area contributed by atoms with Crippen molar-refractivity contribution in [1.82, 2.24) is 14.9 Å². The van der Waals surface area contributed by atoms with E-state index in [4.69, 9.17) is 9.47 Å². The predicted molar refractivity (Wildman–Crippen MR) is 123 cm³/mol. The van der Waals surface area contributed by atoms with Gasteiger partial charge < -0.3 is 20.1 Å². The molecule has 3 amide bonds. The molecule has 0 radical (unpaired) electrons. The molecule has 3 rings (SSSR count). The monoisotopic (exact) mass is 494 g/mol. The number of carbonyl (C=O) groups excluding carboxylic acids is 2. The predicted octanol–water partition coefficient (Wildman–Crippen LogP) is 2.29. The molecule has 0 spiro atoms. The van der Waals surface area contributed by atoms with Gasteiger partial charge in [-0.2, -0.15) is 4.31 Å². The van der Waals surface area contributed by atoms with Crippen molar-refractivity contribution in [3.8, 4) is 11.5 Å². The zero-order valence-electron chi connectivity index (χ0n) is 18.8. The fourth-order valence-corrected chi connectivity index (χ4v) is 4.54. The van der Waals surface area contributed by atoms with Crippen molar-refractivity contribution in [2.75, 3.05) is 38.2 Å². The normalized spacial score (nSPS) is 14.5. The van der Waals surface area contributed by atoms with Crippen molar-refractivity contribution < 1.29 is 31.9 Å². The number of hydrogen-bond donors (Lipinski definition) is 3. The van der Waals surface area contributed by atoms with Crippen LogP contribution < -0.4 is 20.7 Å². The van der Waals surface area contributed by atoms with Crippen LogP contribution in [0.3, 0.4) is 0 Å². The van der Waals surface area contributed by atoms with Gasteiger partial charge in [0, 0.05) is 19.1 Å². The van der Waals surface area contributed by atoms with Crippen LogP contribution in [-0.2, 0) is 19.6 Å². The molecule has 10 nitrogen and oxygen atoms in total. The Morgan fingerprint density at radius 1 is 1.12 bits per heavy atom. The van der Waals surface area contributed by atoms with Crippen molar-refractivity contribution in [3.63, 3.8) is 0 Å². The number of carbonyl (C=O) groups is 2. The molecule has 1 aliphatic heterocycles. The molecule has 0 aliphatic carbocycles. The number of halogens is 1. The van der Waals surface area contributed by atoms with Crippen molar-refractivity contribution in [3.05, 3.63) is 48.3 Å². The van der Waals surface area contributed by atoms with E-state index in [2.05, 4.69) is 16.0 Å². The van der Waals surface area contributed by atoms with E-state index in [0.717, 1.165) is 0 Å².